The summed E-state index contributed by atoms with van der Waals surface area (Å²) in [5.74, 6) is 0.630. The molecule has 144 valence electrons. The first kappa shape index (κ1) is 19.0. The van der Waals surface area contributed by atoms with Crippen LogP contribution in [0.2, 0.25) is 0 Å². The van der Waals surface area contributed by atoms with Gasteiger partial charge in [0.15, 0.2) is 0 Å². The van der Waals surface area contributed by atoms with Crippen molar-refractivity contribution >= 4 is 5.91 Å². The predicted molar refractivity (Wildman–Crippen MR) is 91.9 cm³/mol. The normalized spacial score (nSPS) is 28.3. The maximum absolute atomic E-state index is 12.7. The first-order valence-corrected chi connectivity index (χ1v) is 8.93. The van der Waals surface area contributed by atoms with Crippen LogP contribution in [0.4, 0.5) is 13.2 Å². The second kappa shape index (κ2) is 7.10. The van der Waals surface area contributed by atoms with Crippen LogP contribution in [0.25, 0.3) is 0 Å². The predicted octanol–water partition coefficient (Wildman–Crippen LogP) is 3.78. The Kier molecular flexibility index (Phi) is 5.19. The van der Waals surface area contributed by atoms with Gasteiger partial charge in [-0.15, -0.1) is 13.2 Å². The van der Waals surface area contributed by atoms with Crippen molar-refractivity contribution in [2.45, 2.75) is 44.1 Å². The minimum atomic E-state index is -4.76. The molecular formula is C19H25F3N2O2. The van der Waals surface area contributed by atoms with Crippen LogP contribution in [0.15, 0.2) is 24.3 Å². The Hall–Kier alpha value is -1.76. The maximum atomic E-state index is 12.7. The molecule has 0 radical (unpaired) electrons. The lowest BCUT2D eigenvalue weighted by molar-refractivity contribution is -0.274. The van der Waals surface area contributed by atoms with Crippen molar-refractivity contribution in [1.29, 1.82) is 0 Å². The summed E-state index contributed by atoms with van der Waals surface area (Å²) < 4.78 is 41.0. The van der Waals surface area contributed by atoms with Crippen LogP contribution >= 0.6 is 0 Å². The minimum Gasteiger partial charge on any atom is -0.406 e. The Labute approximate surface area is 151 Å². The van der Waals surface area contributed by atoms with Gasteiger partial charge in [0, 0.05) is 24.7 Å². The van der Waals surface area contributed by atoms with Gasteiger partial charge in [0.05, 0.1) is 0 Å². The molecule has 4 nitrogen and oxygen atoms in total. The number of benzene rings is 1. The Morgan fingerprint density at radius 2 is 1.62 bits per heavy atom. The fourth-order valence-corrected chi connectivity index (χ4v) is 4.49. The third-order valence-electron chi connectivity index (χ3n) is 5.88. The summed E-state index contributed by atoms with van der Waals surface area (Å²) in [6.07, 6.45) is -0.512. The zero-order chi connectivity index (χ0) is 19.1. The number of amides is 1. The molecule has 2 aliphatic rings. The van der Waals surface area contributed by atoms with Crippen molar-refractivity contribution < 1.29 is 22.7 Å². The van der Waals surface area contributed by atoms with E-state index in [-0.39, 0.29) is 23.3 Å². The molecule has 1 amide bonds. The molecule has 26 heavy (non-hydrogen) atoms. The van der Waals surface area contributed by atoms with Crippen LogP contribution in [0.5, 0.6) is 5.75 Å². The molecule has 1 aromatic rings. The number of ether oxygens (including phenoxy) is 1. The van der Waals surface area contributed by atoms with Gasteiger partial charge in [-0.2, -0.15) is 0 Å². The average molecular weight is 370 g/mol. The number of halogens is 3. The van der Waals surface area contributed by atoms with Crippen LogP contribution in [0.3, 0.4) is 0 Å². The topological polar surface area (TPSA) is 32.8 Å². The average Bonchev–Trinajstić information content (AvgIpc) is 3.11. The van der Waals surface area contributed by atoms with Gasteiger partial charge in [0.25, 0.3) is 5.91 Å². The molecule has 0 spiro atoms. The summed E-state index contributed by atoms with van der Waals surface area (Å²) in [7, 11) is 5.96. The van der Waals surface area contributed by atoms with Crippen molar-refractivity contribution in [3.8, 4) is 5.75 Å². The molecule has 0 aliphatic heterocycles. The molecule has 2 fully saturated rings. The Morgan fingerprint density at radius 3 is 2.15 bits per heavy atom. The van der Waals surface area contributed by atoms with Gasteiger partial charge in [-0.1, -0.05) is 6.07 Å². The number of fused-ring (bicyclic) bond motifs is 1. The molecule has 1 aromatic carbocycles. The van der Waals surface area contributed by atoms with Crippen molar-refractivity contribution in [2.24, 2.45) is 11.8 Å². The molecule has 3 rings (SSSR count). The van der Waals surface area contributed by atoms with Gasteiger partial charge in [-0.25, -0.2) is 0 Å². The molecule has 0 bridgehead atoms. The quantitative estimate of drug-likeness (QED) is 0.809. The van der Waals surface area contributed by atoms with E-state index in [2.05, 4.69) is 23.7 Å². The van der Waals surface area contributed by atoms with Crippen molar-refractivity contribution in [3.05, 3.63) is 29.8 Å². The van der Waals surface area contributed by atoms with E-state index in [1.807, 2.05) is 0 Å². The van der Waals surface area contributed by atoms with Crippen LogP contribution in [-0.4, -0.2) is 55.3 Å². The van der Waals surface area contributed by atoms with E-state index in [1.165, 1.54) is 18.2 Å². The molecule has 7 heteroatoms. The van der Waals surface area contributed by atoms with E-state index in [0.29, 0.717) is 17.9 Å². The Balaban J connectivity index is 1.64. The van der Waals surface area contributed by atoms with Crippen LogP contribution in [-0.2, 0) is 0 Å². The van der Waals surface area contributed by atoms with Crippen LogP contribution < -0.4 is 4.74 Å². The van der Waals surface area contributed by atoms with Gasteiger partial charge in [0.2, 0.25) is 0 Å². The SMILES string of the molecule is CN(C)C1C[C@@H]2CC(N(C)C(=O)c3cccc(OC(F)(F)F)c3)C[C@@H]2C1. The van der Waals surface area contributed by atoms with E-state index >= 15 is 0 Å². The van der Waals surface area contributed by atoms with E-state index in [1.54, 1.807) is 11.9 Å². The summed E-state index contributed by atoms with van der Waals surface area (Å²) in [5.41, 5.74) is 0.220. The molecule has 2 unspecified atom stereocenters. The number of carbonyl (C=O) groups is 1. The lowest BCUT2D eigenvalue weighted by Gasteiger charge is -2.27. The number of hydrogen-bond acceptors (Lipinski definition) is 3. The van der Waals surface area contributed by atoms with Gasteiger partial charge >= 0.3 is 6.36 Å². The summed E-state index contributed by atoms with van der Waals surface area (Å²) in [4.78, 5) is 16.7. The first-order valence-electron chi connectivity index (χ1n) is 8.93. The standard InChI is InChI=1S/C19H25F3N2O2/c1-23(2)15-7-13-9-16(10-14(13)8-15)24(3)18(25)12-5-4-6-17(11-12)26-19(20,21)22/h4-6,11,13-16H,7-10H2,1-3H3/t13-,14+,15?,16?. The number of alkyl halides is 3. The highest BCUT2D eigenvalue weighted by Gasteiger charge is 2.44. The van der Waals surface area contributed by atoms with E-state index in [4.69, 9.17) is 0 Å². The molecular weight excluding hydrogens is 345 g/mol. The first-order chi connectivity index (χ1) is 12.1. The number of carbonyl (C=O) groups excluding carboxylic acids is 1. The molecule has 0 aromatic heterocycles. The van der Waals surface area contributed by atoms with Gasteiger partial charge < -0.3 is 14.5 Å². The van der Waals surface area contributed by atoms with Crippen molar-refractivity contribution in [3.63, 3.8) is 0 Å². The third-order valence-corrected chi connectivity index (χ3v) is 5.88. The largest absolute Gasteiger partial charge is 0.573 e. The lowest BCUT2D eigenvalue weighted by Crippen LogP contribution is -2.36. The molecule has 0 heterocycles. The Bertz CT molecular complexity index is 648. The van der Waals surface area contributed by atoms with E-state index in [9.17, 15) is 18.0 Å². The summed E-state index contributed by atoms with van der Waals surface area (Å²) >= 11 is 0. The molecule has 2 aliphatic carbocycles. The molecule has 0 saturated heterocycles. The van der Waals surface area contributed by atoms with Crippen molar-refractivity contribution in [2.75, 3.05) is 21.1 Å². The van der Waals surface area contributed by atoms with Crippen molar-refractivity contribution in [1.82, 2.24) is 9.80 Å². The summed E-state index contributed by atoms with van der Waals surface area (Å²) in [5, 5.41) is 0. The van der Waals surface area contributed by atoms with E-state index < -0.39 is 6.36 Å². The zero-order valence-electron chi connectivity index (χ0n) is 15.3. The monoisotopic (exact) mass is 370 g/mol. The molecule has 2 saturated carbocycles. The highest BCUT2D eigenvalue weighted by Crippen LogP contribution is 2.46. The third kappa shape index (κ3) is 4.14. The summed E-state index contributed by atoms with van der Waals surface area (Å²) in [6.45, 7) is 0. The number of rotatable bonds is 4. The number of hydrogen-bond donors (Lipinski definition) is 0. The van der Waals surface area contributed by atoms with Crippen LogP contribution in [0.1, 0.15) is 36.0 Å². The second-order valence-electron chi connectivity index (χ2n) is 7.73. The highest BCUT2D eigenvalue weighted by molar-refractivity contribution is 5.94. The molecule has 4 atom stereocenters. The highest BCUT2D eigenvalue weighted by atomic mass is 19.4. The second-order valence-corrected chi connectivity index (χ2v) is 7.73. The summed E-state index contributed by atoms with van der Waals surface area (Å²) in [6, 6.07) is 6.05. The maximum Gasteiger partial charge on any atom is 0.573 e. The van der Waals surface area contributed by atoms with E-state index in [0.717, 1.165) is 31.7 Å². The number of nitrogens with zero attached hydrogens (tertiary/aromatic N) is 2. The fraction of sp³-hybridized carbons (Fsp3) is 0.632. The van der Waals surface area contributed by atoms with Gasteiger partial charge in [-0.05, 0) is 69.8 Å². The van der Waals surface area contributed by atoms with Crippen LogP contribution in [0, 0.1) is 11.8 Å². The fourth-order valence-electron chi connectivity index (χ4n) is 4.49. The van der Waals surface area contributed by atoms with Gasteiger partial charge in [-0.3, -0.25) is 4.79 Å². The molecule has 0 N–H and O–H groups in total. The smallest absolute Gasteiger partial charge is 0.406 e. The minimum absolute atomic E-state index is 0.146. The van der Waals surface area contributed by atoms with Gasteiger partial charge in [0.1, 0.15) is 5.75 Å². The Morgan fingerprint density at radius 1 is 1.04 bits per heavy atom. The zero-order valence-corrected chi connectivity index (χ0v) is 15.3. The lowest BCUT2D eigenvalue weighted by atomic mass is 10.0.